The first-order valence-corrected chi connectivity index (χ1v) is 8.64. The maximum Gasteiger partial charge on any atom is 0.228 e. The molecule has 0 aromatic heterocycles. The zero-order valence-electron chi connectivity index (χ0n) is 15.0. The molecule has 0 atom stereocenters. The van der Waals surface area contributed by atoms with E-state index in [2.05, 4.69) is 10.6 Å². The molecule has 3 aromatic rings. The Morgan fingerprint density at radius 1 is 0.926 bits per heavy atom. The second kappa shape index (κ2) is 8.85. The highest BCUT2D eigenvalue weighted by Crippen LogP contribution is 2.17. The Kier molecular flexibility index (Phi) is 6.05. The van der Waals surface area contributed by atoms with Gasteiger partial charge in [-0.05, 0) is 53.6 Å². The van der Waals surface area contributed by atoms with E-state index in [-0.39, 0.29) is 18.1 Å². The van der Waals surface area contributed by atoms with Crippen molar-refractivity contribution in [2.24, 2.45) is 0 Å². The van der Waals surface area contributed by atoms with Gasteiger partial charge in [0, 0.05) is 17.9 Å². The van der Waals surface area contributed by atoms with E-state index in [0.29, 0.717) is 17.8 Å². The molecule has 0 saturated heterocycles. The summed E-state index contributed by atoms with van der Waals surface area (Å²) in [5.74, 6) is 0.207. The summed E-state index contributed by atoms with van der Waals surface area (Å²) in [7, 11) is 1.64. The number of halogens is 1. The van der Waals surface area contributed by atoms with Gasteiger partial charge in [0.05, 0.1) is 13.5 Å². The Bertz CT molecular complexity index is 893. The molecule has 0 unspecified atom stereocenters. The number of amides is 1. The number of hydrogen-bond donors (Lipinski definition) is 2. The number of anilines is 2. The van der Waals surface area contributed by atoms with Crippen molar-refractivity contribution in [2.45, 2.75) is 13.0 Å². The molecule has 4 nitrogen and oxygen atoms in total. The minimum atomic E-state index is -0.370. The third-order valence-electron chi connectivity index (χ3n) is 4.13. The number of nitrogens with one attached hydrogen (secondary N) is 2. The lowest BCUT2D eigenvalue weighted by atomic mass is 10.1. The maximum absolute atomic E-state index is 13.6. The van der Waals surface area contributed by atoms with Gasteiger partial charge < -0.3 is 15.4 Å². The van der Waals surface area contributed by atoms with E-state index < -0.39 is 0 Å². The monoisotopic (exact) mass is 364 g/mol. The normalized spacial score (nSPS) is 10.3. The fourth-order valence-corrected chi connectivity index (χ4v) is 2.64. The van der Waals surface area contributed by atoms with Crippen molar-refractivity contribution >= 4 is 17.3 Å². The minimum absolute atomic E-state index is 0.00411. The van der Waals surface area contributed by atoms with Gasteiger partial charge in [0.1, 0.15) is 11.6 Å². The van der Waals surface area contributed by atoms with E-state index in [0.717, 1.165) is 17.0 Å². The second-order valence-corrected chi connectivity index (χ2v) is 6.10. The van der Waals surface area contributed by atoms with Crippen molar-refractivity contribution in [3.8, 4) is 5.75 Å². The van der Waals surface area contributed by atoms with Crippen LogP contribution < -0.4 is 15.4 Å². The summed E-state index contributed by atoms with van der Waals surface area (Å²) < 4.78 is 18.8. The number of ether oxygens (including phenoxy) is 1. The van der Waals surface area contributed by atoms with Gasteiger partial charge >= 0.3 is 0 Å². The number of hydrogen-bond acceptors (Lipinski definition) is 3. The average molecular weight is 364 g/mol. The lowest BCUT2D eigenvalue weighted by molar-refractivity contribution is -0.115. The topological polar surface area (TPSA) is 50.4 Å². The smallest absolute Gasteiger partial charge is 0.228 e. The molecular weight excluding hydrogens is 343 g/mol. The highest BCUT2D eigenvalue weighted by atomic mass is 19.1. The second-order valence-electron chi connectivity index (χ2n) is 6.10. The summed E-state index contributed by atoms with van der Waals surface area (Å²) in [6.45, 7) is 0.684. The van der Waals surface area contributed by atoms with E-state index in [1.54, 1.807) is 25.3 Å². The summed E-state index contributed by atoms with van der Waals surface area (Å²) in [4.78, 5) is 12.1. The Hall–Kier alpha value is -3.34. The molecule has 1 amide bonds. The Morgan fingerprint density at radius 3 is 2.26 bits per heavy atom. The Balaban J connectivity index is 1.52. The fraction of sp³-hybridized carbons (Fsp3) is 0.136. The van der Waals surface area contributed by atoms with E-state index in [1.807, 2.05) is 48.5 Å². The van der Waals surface area contributed by atoms with Crippen LogP contribution in [0, 0.1) is 5.82 Å². The molecule has 0 saturated carbocycles. The maximum atomic E-state index is 13.6. The standard InChI is InChI=1S/C22H21FN2O2/c1-27-20-12-6-16(7-13-20)15-24-18-8-10-19(11-9-18)25-22(26)14-17-4-2-3-5-21(17)23/h2-13,24H,14-15H2,1H3,(H,25,26). The lowest BCUT2D eigenvalue weighted by Crippen LogP contribution is -2.15. The van der Waals surface area contributed by atoms with Gasteiger partial charge in [0.25, 0.3) is 0 Å². The van der Waals surface area contributed by atoms with Crippen LogP contribution in [0.4, 0.5) is 15.8 Å². The molecule has 0 fully saturated rings. The summed E-state index contributed by atoms with van der Waals surface area (Å²) in [6.07, 6.45) is 0.00411. The molecule has 27 heavy (non-hydrogen) atoms. The molecule has 0 aliphatic carbocycles. The predicted molar refractivity (Wildman–Crippen MR) is 105 cm³/mol. The van der Waals surface area contributed by atoms with Crippen molar-refractivity contribution in [1.82, 2.24) is 0 Å². The van der Waals surface area contributed by atoms with Crippen LogP contribution in [0.2, 0.25) is 0 Å². The highest BCUT2D eigenvalue weighted by molar-refractivity contribution is 5.92. The van der Waals surface area contributed by atoms with E-state index >= 15 is 0 Å². The summed E-state index contributed by atoms with van der Waals surface area (Å²) in [5, 5.41) is 6.11. The first-order chi connectivity index (χ1) is 13.1. The molecule has 3 rings (SSSR count). The third-order valence-corrected chi connectivity index (χ3v) is 4.13. The molecular formula is C22H21FN2O2. The summed E-state index contributed by atoms with van der Waals surface area (Å²) >= 11 is 0. The van der Waals surface area contributed by atoms with E-state index in [1.165, 1.54) is 6.07 Å². The minimum Gasteiger partial charge on any atom is -0.497 e. The van der Waals surface area contributed by atoms with Crippen molar-refractivity contribution in [3.63, 3.8) is 0 Å². The van der Waals surface area contributed by atoms with Crippen LogP contribution in [-0.2, 0) is 17.8 Å². The van der Waals surface area contributed by atoms with Crippen molar-refractivity contribution in [1.29, 1.82) is 0 Å². The summed E-state index contributed by atoms with van der Waals surface area (Å²) in [5.41, 5.74) is 3.13. The summed E-state index contributed by atoms with van der Waals surface area (Å²) in [6, 6.07) is 21.6. The van der Waals surface area contributed by atoms with Crippen molar-refractivity contribution in [3.05, 3.63) is 89.7 Å². The van der Waals surface area contributed by atoms with Gasteiger partial charge in [0.15, 0.2) is 0 Å². The first kappa shape index (κ1) is 18.5. The van der Waals surface area contributed by atoms with Crippen LogP contribution >= 0.6 is 0 Å². The van der Waals surface area contributed by atoms with Crippen molar-refractivity contribution in [2.75, 3.05) is 17.7 Å². The van der Waals surface area contributed by atoms with Gasteiger partial charge in [-0.25, -0.2) is 4.39 Å². The molecule has 5 heteroatoms. The molecule has 0 radical (unpaired) electrons. The zero-order valence-corrected chi connectivity index (χ0v) is 15.0. The molecule has 2 N–H and O–H groups in total. The predicted octanol–water partition coefficient (Wildman–Crippen LogP) is 4.63. The number of carbonyl (C=O) groups excluding carboxylic acids is 1. The molecule has 0 bridgehead atoms. The molecule has 0 aliphatic rings. The van der Waals surface area contributed by atoms with Crippen molar-refractivity contribution < 1.29 is 13.9 Å². The van der Waals surface area contributed by atoms with Crippen LogP contribution in [0.25, 0.3) is 0 Å². The quantitative estimate of drug-likeness (QED) is 0.643. The van der Waals surface area contributed by atoms with Gasteiger partial charge in [-0.15, -0.1) is 0 Å². The van der Waals surface area contributed by atoms with Crippen LogP contribution in [0.1, 0.15) is 11.1 Å². The highest BCUT2D eigenvalue weighted by Gasteiger charge is 2.08. The first-order valence-electron chi connectivity index (χ1n) is 8.64. The van der Waals surface area contributed by atoms with Gasteiger partial charge in [-0.3, -0.25) is 4.79 Å². The third kappa shape index (κ3) is 5.31. The molecule has 0 spiro atoms. The van der Waals surface area contributed by atoms with Gasteiger partial charge in [-0.1, -0.05) is 30.3 Å². The number of benzene rings is 3. The lowest BCUT2D eigenvalue weighted by Gasteiger charge is -2.09. The van der Waals surface area contributed by atoms with Crippen LogP contribution in [0.15, 0.2) is 72.8 Å². The van der Waals surface area contributed by atoms with Gasteiger partial charge in [0.2, 0.25) is 5.91 Å². The number of carbonyl (C=O) groups is 1. The SMILES string of the molecule is COc1ccc(CNc2ccc(NC(=O)Cc3ccccc3F)cc2)cc1. The van der Waals surface area contributed by atoms with E-state index in [9.17, 15) is 9.18 Å². The fourth-order valence-electron chi connectivity index (χ4n) is 2.64. The van der Waals surface area contributed by atoms with Gasteiger partial charge in [-0.2, -0.15) is 0 Å². The Labute approximate surface area is 158 Å². The largest absolute Gasteiger partial charge is 0.497 e. The van der Waals surface area contributed by atoms with Crippen LogP contribution in [0.3, 0.4) is 0 Å². The van der Waals surface area contributed by atoms with Crippen LogP contribution in [-0.4, -0.2) is 13.0 Å². The van der Waals surface area contributed by atoms with E-state index in [4.69, 9.17) is 4.74 Å². The average Bonchev–Trinajstić information content (AvgIpc) is 2.69. The molecule has 0 aliphatic heterocycles. The Morgan fingerprint density at radius 2 is 1.59 bits per heavy atom. The van der Waals surface area contributed by atoms with Crippen LogP contribution in [0.5, 0.6) is 5.75 Å². The molecule has 0 heterocycles. The zero-order chi connectivity index (χ0) is 19.1. The number of rotatable bonds is 7. The number of methoxy groups -OCH3 is 1. The molecule has 138 valence electrons. The molecule has 3 aromatic carbocycles.